The summed E-state index contributed by atoms with van der Waals surface area (Å²) in [5, 5.41) is 16.8. The first-order valence-corrected chi connectivity index (χ1v) is 10.2. The van der Waals surface area contributed by atoms with E-state index in [0.717, 1.165) is 11.3 Å². The van der Waals surface area contributed by atoms with E-state index in [9.17, 15) is 14.7 Å². The lowest BCUT2D eigenvalue weighted by molar-refractivity contribution is -0.140. The minimum absolute atomic E-state index is 0.0786. The number of rotatable bonds is 5. The fraction of sp³-hybridized carbons (Fsp3) is 0.591. The smallest absolute Gasteiger partial charge is 0.243 e. The summed E-state index contributed by atoms with van der Waals surface area (Å²) in [5.74, 6) is -0.430. The molecule has 3 atom stereocenters. The molecule has 7 heteroatoms. The number of hydrogen-bond donors (Lipinski definition) is 2. The van der Waals surface area contributed by atoms with Gasteiger partial charge in [-0.15, -0.1) is 0 Å². The summed E-state index contributed by atoms with van der Waals surface area (Å²) in [5.41, 5.74) is 3.16. The Bertz CT molecular complexity index is 782. The van der Waals surface area contributed by atoms with Crippen molar-refractivity contribution in [3.63, 3.8) is 0 Å². The number of benzene rings is 1. The van der Waals surface area contributed by atoms with E-state index < -0.39 is 12.1 Å². The van der Waals surface area contributed by atoms with Crippen LogP contribution in [0.1, 0.15) is 58.1 Å². The molecule has 0 saturated carbocycles. The molecule has 0 aliphatic carbocycles. The van der Waals surface area contributed by atoms with Crippen LogP contribution in [0.5, 0.6) is 0 Å². The Morgan fingerprint density at radius 1 is 1.28 bits per heavy atom. The van der Waals surface area contributed by atoms with Crippen molar-refractivity contribution >= 4 is 17.5 Å². The van der Waals surface area contributed by atoms with Gasteiger partial charge in [0.2, 0.25) is 11.8 Å². The van der Waals surface area contributed by atoms with E-state index in [-0.39, 0.29) is 42.7 Å². The first-order valence-electron chi connectivity index (χ1n) is 10.2. The average molecular weight is 402 g/mol. The van der Waals surface area contributed by atoms with Crippen LogP contribution in [0.2, 0.25) is 0 Å². The average Bonchev–Trinajstić information content (AvgIpc) is 3.24. The highest BCUT2D eigenvalue weighted by Crippen LogP contribution is 2.24. The zero-order valence-corrected chi connectivity index (χ0v) is 17.6. The lowest BCUT2D eigenvalue weighted by atomic mass is 9.87. The summed E-state index contributed by atoms with van der Waals surface area (Å²) < 4.78 is 0. The Morgan fingerprint density at radius 3 is 2.55 bits per heavy atom. The Morgan fingerprint density at radius 2 is 1.97 bits per heavy atom. The SMILES string of the molecule is CC1=NOC(CC(=O)N2C[C@H](O)C[C@H]2C(=O)NCc2ccc(C(C)(C)C)cc2)C1. The topological polar surface area (TPSA) is 91.2 Å². The van der Waals surface area contributed by atoms with Gasteiger partial charge >= 0.3 is 0 Å². The Labute approximate surface area is 172 Å². The largest absolute Gasteiger partial charge is 0.392 e. The van der Waals surface area contributed by atoms with Gasteiger partial charge in [0.15, 0.2) is 0 Å². The van der Waals surface area contributed by atoms with Gasteiger partial charge < -0.3 is 20.2 Å². The van der Waals surface area contributed by atoms with E-state index >= 15 is 0 Å². The fourth-order valence-electron chi connectivity index (χ4n) is 3.76. The fourth-order valence-corrected chi connectivity index (χ4v) is 3.76. The zero-order valence-electron chi connectivity index (χ0n) is 17.6. The molecule has 29 heavy (non-hydrogen) atoms. The molecular formula is C22H31N3O4. The minimum atomic E-state index is -0.691. The first-order chi connectivity index (χ1) is 13.6. The van der Waals surface area contributed by atoms with Crippen LogP contribution < -0.4 is 5.32 Å². The van der Waals surface area contributed by atoms with Crippen molar-refractivity contribution in [1.82, 2.24) is 10.2 Å². The molecule has 1 saturated heterocycles. The molecule has 2 aliphatic heterocycles. The molecular weight excluding hydrogens is 370 g/mol. The maximum absolute atomic E-state index is 12.7. The molecule has 2 heterocycles. The van der Waals surface area contributed by atoms with Gasteiger partial charge in [0.25, 0.3) is 0 Å². The van der Waals surface area contributed by atoms with Gasteiger partial charge in [-0.25, -0.2) is 0 Å². The maximum atomic E-state index is 12.7. The minimum Gasteiger partial charge on any atom is -0.392 e. The van der Waals surface area contributed by atoms with Gasteiger partial charge in [-0.2, -0.15) is 0 Å². The molecule has 1 unspecified atom stereocenters. The third-order valence-electron chi connectivity index (χ3n) is 5.47. The van der Waals surface area contributed by atoms with Crippen LogP contribution >= 0.6 is 0 Å². The maximum Gasteiger partial charge on any atom is 0.243 e. The van der Waals surface area contributed by atoms with Gasteiger partial charge in [-0.3, -0.25) is 9.59 Å². The van der Waals surface area contributed by atoms with E-state index in [4.69, 9.17) is 4.84 Å². The molecule has 7 nitrogen and oxygen atoms in total. The van der Waals surface area contributed by atoms with Crippen molar-refractivity contribution < 1.29 is 19.5 Å². The summed E-state index contributed by atoms with van der Waals surface area (Å²) in [7, 11) is 0. The van der Waals surface area contributed by atoms with E-state index in [1.165, 1.54) is 10.5 Å². The van der Waals surface area contributed by atoms with Crippen LogP contribution in [0.4, 0.5) is 0 Å². The van der Waals surface area contributed by atoms with Crippen LogP contribution in [0.3, 0.4) is 0 Å². The molecule has 0 aromatic heterocycles. The third kappa shape index (κ3) is 5.35. The summed E-state index contributed by atoms with van der Waals surface area (Å²) in [6.07, 6.45) is 0.0463. The molecule has 0 radical (unpaired) electrons. The van der Waals surface area contributed by atoms with E-state index in [0.29, 0.717) is 13.0 Å². The van der Waals surface area contributed by atoms with Crippen molar-refractivity contribution in [3.8, 4) is 0 Å². The second-order valence-corrected chi connectivity index (χ2v) is 9.08. The molecule has 0 bridgehead atoms. The number of hydrogen-bond acceptors (Lipinski definition) is 5. The predicted octanol–water partition coefficient (Wildman–Crippen LogP) is 2.12. The number of β-amino-alcohol motifs (C(OH)–C–C–N with tert-alkyl or cyclic N) is 1. The van der Waals surface area contributed by atoms with Crippen molar-refractivity contribution in [2.45, 2.75) is 77.2 Å². The van der Waals surface area contributed by atoms with Crippen LogP contribution in [-0.2, 0) is 26.4 Å². The molecule has 158 valence electrons. The molecule has 1 fully saturated rings. The molecule has 1 aromatic carbocycles. The van der Waals surface area contributed by atoms with Gasteiger partial charge in [0, 0.05) is 25.9 Å². The van der Waals surface area contributed by atoms with E-state index in [1.54, 1.807) is 0 Å². The van der Waals surface area contributed by atoms with Crippen LogP contribution in [0.15, 0.2) is 29.4 Å². The summed E-state index contributed by atoms with van der Waals surface area (Å²) in [6.45, 7) is 8.88. The van der Waals surface area contributed by atoms with Gasteiger partial charge in [0.1, 0.15) is 12.1 Å². The van der Waals surface area contributed by atoms with Crippen molar-refractivity contribution in [2.75, 3.05) is 6.54 Å². The van der Waals surface area contributed by atoms with Crippen LogP contribution in [0, 0.1) is 0 Å². The van der Waals surface area contributed by atoms with Crippen LogP contribution in [-0.4, -0.2) is 52.3 Å². The highest BCUT2D eigenvalue weighted by atomic mass is 16.6. The molecule has 3 rings (SSSR count). The summed E-state index contributed by atoms with van der Waals surface area (Å²) in [6, 6.07) is 7.50. The molecule has 1 aromatic rings. The molecule has 2 aliphatic rings. The summed E-state index contributed by atoms with van der Waals surface area (Å²) >= 11 is 0. The van der Waals surface area contributed by atoms with Gasteiger partial charge in [-0.1, -0.05) is 50.2 Å². The zero-order chi connectivity index (χ0) is 21.2. The van der Waals surface area contributed by atoms with Crippen molar-refractivity contribution in [3.05, 3.63) is 35.4 Å². The standard InChI is InChI=1S/C22H31N3O4/c1-14-9-18(29-24-14)11-20(27)25-13-17(26)10-19(25)21(28)23-12-15-5-7-16(8-6-15)22(2,3)4/h5-8,17-19,26H,9-13H2,1-4H3,(H,23,28)/t17-,18?,19+/m1/s1. The van der Waals surface area contributed by atoms with Crippen LogP contribution in [0.25, 0.3) is 0 Å². The number of amides is 2. The van der Waals surface area contributed by atoms with Gasteiger partial charge in [-0.05, 0) is 23.5 Å². The highest BCUT2D eigenvalue weighted by Gasteiger charge is 2.39. The highest BCUT2D eigenvalue weighted by molar-refractivity contribution is 5.89. The molecule has 2 amide bonds. The van der Waals surface area contributed by atoms with E-state index in [1.807, 2.05) is 19.1 Å². The summed E-state index contributed by atoms with van der Waals surface area (Å²) in [4.78, 5) is 32.1. The lowest BCUT2D eigenvalue weighted by Gasteiger charge is -2.24. The quantitative estimate of drug-likeness (QED) is 0.791. The predicted molar refractivity (Wildman–Crippen MR) is 110 cm³/mol. The van der Waals surface area contributed by atoms with Crippen molar-refractivity contribution in [1.29, 1.82) is 0 Å². The second kappa shape index (κ2) is 8.53. The Hall–Kier alpha value is -2.41. The third-order valence-corrected chi connectivity index (χ3v) is 5.47. The van der Waals surface area contributed by atoms with E-state index in [2.05, 4.69) is 43.4 Å². The lowest BCUT2D eigenvalue weighted by Crippen LogP contribution is -2.46. The molecule has 0 spiro atoms. The monoisotopic (exact) mass is 401 g/mol. The van der Waals surface area contributed by atoms with Crippen molar-refractivity contribution in [2.24, 2.45) is 5.16 Å². The number of carbonyl (C=O) groups excluding carboxylic acids is 2. The number of nitrogens with one attached hydrogen (secondary N) is 1. The Balaban J connectivity index is 1.56. The Kier molecular flexibility index (Phi) is 6.27. The second-order valence-electron chi connectivity index (χ2n) is 9.08. The number of aliphatic hydroxyl groups is 1. The number of aliphatic hydroxyl groups excluding tert-OH is 1. The first kappa shape index (κ1) is 21.3. The number of carbonyl (C=O) groups is 2. The number of nitrogens with zero attached hydrogens (tertiary/aromatic N) is 2. The van der Waals surface area contributed by atoms with Gasteiger partial charge in [0.05, 0.1) is 18.2 Å². The number of oxime groups is 1. The molecule has 2 N–H and O–H groups in total. The normalized spacial score (nSPS) is 24.2. The number of likely N-dealkylation sites (tertiary alicyclic amines) is 1.